The van der Waals surface area contributed by atoms with Gasteiger partial charge in [0.05, 0.1) is 0 Å². The molecule has 3 heteroatoms. The van der Waals surface area contributed by atoms with Crippen molar-refractivity contribution >= 4 is 0 Å². The Bertz CT molecular complexity index is 390. The van der Waals surface area contributed by atoms with E-state index in [1.807, 2.05) is 19.2 Å². The van der Waals surface area contributed by atoms with Crippen molar-refractivity contribution in [2.24, 2.45) is 0 Å². The fraction of sp³-hybridized carbons (Fsp3) is 0.733. The number of aromatic nitrogens is 2. The molecule has 0 radical (unpaired) electrons. The Morgan fingerprint density at radius 3 is 2.50 bits per heavy atom. The van der Waals surface area contributed by atoms with E-state index in [4.69, 9.17) is 0 Å². The Hall–Kier alpha value is -0.960. The van der Waals surface area contributed by atoms with Gasteiger partial charge in [-0.15, -0.1) is 0 Å². The van der Waals surface area contributed by atoms with Gasteiger partial charge >= 0.3 is 0 Å². The van der Waals surface area contributed by atoms with E-state index in [0.29, 0.717) is 5.92 Å². The van der Waals surface area contributed by atoms with Gasteiger partial charge < -0.3 is 0 Å². The summed E-state index contributed by atoms with van der Waals surface area (Å²) < 4.78 is 0. The summed E-state index contributed by atoms with van der Waals surface area (Å²) in [5.74, 6) is 1.63. The minimum Gasteiger partial charge on any atom is -0.299 e. The van der Waals surface area contributed by atoms with Crippen LogP contribution in [0, 0.1) is 6.92 Å². The monoisotopic (exact) mass is 245 g/mol. The van der Waals surface area contributed by atoms with Gasteiger partial charge in [0.2, 0.25) is 0 Å². The van der Waals surface area contributed by atoms with Crippen LogP contribution in [0.25, 0.3) is 0 Å². The van der Waals surface area contributed by atoms with Crippen LogP contribution in [-0.2, 0) is 0 Å². The molecule has 0 atom stereocenters. The van der Waals surface area contributed by atoms with Crippen molar-refractivity contribution in [1.82, 2.24) is 14.9 Å². The number of nitrogens with zero attached hydrogens (tertiary/aromatic N) is 3. The van der Waals surface area contributed by atoms with Crippen LogP contribution < -0.4 is 0 Å². The fourth-order valence-electron chi connectivity index (χ4n) is 3.26. The van der Waals surface area contributed by atoms with Crippen molar-refractivity contribution in [3.05, 3.63) is 23.8 Å². The van der Waals surface area contributed by atoms with Crippen LogP contribution in [0.1, 0.15) is 56.0 Å². The molecule has 0 spiro atoms. The summed E-state index contributed by atoms with van der Waals surface area (Å²) in [4.78, 5) is 11.6. The van der Waals surface area contributed by atoms with E-state index < -0.39 is 0 Å². The van der Waals surface area contributed by atoms with Gasteiger partial charge in [0.15, 0.2) is 0 Å². The second-order valence-electron chi connectivity index (χ2n) is 5.85. The Labute approximate surface area is 110 Å². The molecule has 0 amide bonds. The molecule has 1 saturated heterocycles. The molecule has 3 nitrogen and oxygen atoms in total. The first-order valence-electron chi connectivity index (χ1n) is 7.36. The summed E-state index contributed by atoms with van der Waals surface area (Å²) in [6.07, 6.45) is 10.4. The van der Waals surface area contributed by atoms with E-state index >= 15 is 0 Å². The molecule has 1 aliphatic carbocycles. The summed E-state index contributed by atoms with van der Waals surface area (Å²) in [7, 11) is 0. The van der Waals surface area contributed by atoms with Crippen molar-refractivity contribution in [3.8, 4) is 0 Å². The maximum Gasteiger partial charge on any atom is 0.134 e. The highest BCUT2D eigenvalue weighted by molar-refractivity contribution is 5.09. The summed E-state index contributed by atoms with van der Waals surface area (Å²) >= 11 is 0. The van der Waals surface area contributed by atoms with E-state index in [1.54, 1.807) is 0 Å². The van der Waals surface area contributed by atoms with Crippen molar-refractivity contribution < 1.29 is 0 Å². The lowest BCUT2D eigenvalue weighted by Gasteiger charge is -2.43. The van der Waals surface area contributed by atoms with Crippen LogP contribution >= 0.6 is 0 Å². The molecule has 1 aliphatic heterocycles. The van der Waals surface area contributed by atoms with Gasteiger partial charge in [-0.2, -0.15) is 0 Å². The lowest BCUT2D eigenvalue weighted by atomic mass is 9.94. The van der Waals surface area contributed by atoms with Crippen molar-refractivity contribution in [3.63, 3.8) is 0 Å². The second kappa shape index (κ2) is 5.35. The van der Waals surface area contributed by atoms with Crippen LogP contribution in [0.4, 0.5) is 0 Å². The van der Waals surface area contributed by atoms with Gasteiger partial charge in [0.25, 0.3) is 0 Å². The maximum absolute atomic E-state index is 4.56. The third kappa shape index (κ3) is 2.56. The second-order valence-corrected chi connectivity index (χ2v) is 5.85. The maximum atomic E-state index is 4.56. The highest BCUT2D eigenvalue weighted by Crippen LogP contribution is 2.31. The predicted molar refractivity (Wildman–Crippen MR) is 72.6 cm³/mol. The van der Waals surface area contributed by atoms with E-state index in [1.165, 1.54) is 51.6 Å². The summed E-state index contributed by atoms with van der Waals surface area (Å²) in [6, 6.07) is 2.82. The van der Waals surface area contributed by atoms with Crippen molar-refractivity contribution in [2.75, 3.05) is 13.1 Å². The summed E-state index contributed by atoms with van der Waals surface area (Å²) in [6.45, 7) is 4.40. The molecule has 1 saturated carbocycles. The standard InChI is InChI=1S/C15H23N3/c1-12-8-9-16-15(17-12)13-10-18(11-13)14-6-4-2-3-5-7-14/h8-9,13-14H,2-7,10-11H2,1H3. The summed E-state index contributed by atoms with van der Waals surface area (Å²) in [5.41, 5.74) is 1.09. The summed E-state index contributed by atoms with van der Waals surface area (Å²) in [5, 5.41) is 0. The van der Waals surface area contributed by atoms with Gasteiger partial charge in [-0.1, -0.05) is 25.7 Å². The number of rotatable bonds is 2. The molecule has 1 aromatic rings. The van der Waals surface area contributed by atoms with Crippen molar-refractivity contribution in [2.45, 2.75) is 57.4 Å². The lowest BCUT2D eigenvalue weighted by molar-refractivity contribution is 0.0784. The van der Waals surface area contributed by atoms with E-state index in [2.05, 4.69) is 14.9 Å². The minimum atomic E-state index is 0.577. The number of hydrogen-bond acceptors (Lipinski definition) is 3. The minimum absolute atomic E-state index is 0.577. The highest BCUT2D eigenvalue weighted by Gasteiger charge is 2.34. The number of aryl methyl sites for hydroxylation is 1. The molecule has 2 aliphatic rings. The van der Waals surface area contributed by atoms with Gasteiger partial charge in [0.1, 0.15) is 5.82 Å². The average Bonchev–Trinajstić information content (AvgIpc) is 2.56. The molecule has 0 aromatic carbocycles. The first-order chi connectivity index (χ1) is 8.83. The predicted octanol–water partition coefficient (Wildman–Crippen LogP) is 2.91. The first kappa shape index (κ1) is 12.1. The Kier molecular flexibility index (Phi) is 3.59. The molecule has 18 heavy (non-hydrogen) atoms. The van der Waals surface area contributed by atoms with Crippen LogP contribution in [-0.4, -0.2) is 34.0 Å². The molecule has 1 aromatic heterocycles. The topological polar surface area (TPSA) is 29.0 Å². The highest BCUT2D eigenvalue weighted by atomic mass is 15.2. The Balaban J connectivity index is 1.56. The molecule has 0 unspecified atom stereocenters. The van der Waals surface area contributed by atoms with E-state index in [-0.39, 0.29) is 0 Å². The van der Waals surface area contributed by atoms with Gasteiger partial charge in [0, 0.05) is 36.9 Å². The fourth-order valence-corrected chi connectivity index (χ4v) is 3.26. The average molecular weight is 245 g/mol. The lowest BCUT2D eigenvalue weighted by Crippen LogP contribution is -2.51. The van der Waals surface area contributed by atoms with Gasteiger partial charge in [-0.05, 0) is 25.8 Å². The van der Waals surface area contributed by atoms with Crippen LogP contribution in [0.5, 0.6) is 0 Å². The zero-order valence-electron chi connectivity index (χ0n) is 11.3. The third-order valence-electron chi connectivity index (χ3n) is 4.43. The zero-order valence-corrected chi connectivity index (χ0v) is 11.3. The number of hydrogen-bond donors (Lipinski definition) is 0. The molecule has 0 N–H and O–H groups in total. The first-order valence-corrected chi connectivity index (χ1v) is 7.36. The molecular formula is C15H23N3. The van der Waals surface area contributed by atoms with E-state index in [9.17, 15) is 0 Å². The van der Waals surface area contributed by atoms with Crippen LogP contribution in [0.15, 0.2) is 12.3 Å². The normalized spacial score (nSPS) is 23.6. The van der Waals surface area contributed by atoms with E-state index in [0.717, 1.165) is 17.6 Å². The molecule has 0 bridgehead atoms. The van der Waals surface area contributed by atoms with Gasteiger partial charge in [-0.25, -0.2) is 9.97 Å². The Morgan fingerprint density at radius 1 is 1.11 bits per heavy atom. The zero-order chi connectivity index (χ0) is 12.4. The smallest absolute Gasteiger partial charge is 0.134 e. The van der Waals surface area contributed by atoms with Gasteiger partial charge in [-0.3, -0.25) is 4.90 Å². The largest absolute Gasteiger partial charge is 0.299 e. The molecule has 2 heterocycles. The van der Waals surface area contributed by atoms with Crippen molar-refractivity contribution in [1.29, 1.82) is 0 Å². The third-order valence-corrected chi connectivity index (χ3v) is 4.43. The van der Waals surface area contributed by atoms with Crippen LogP contribution in [0.3, 0.4) is 0 Å². The number of likely N-dealkylation sites (tertiary alicyclic amines) is 1. The molecular weight excluding hydrogens is 222 g/mol. The molecule has 98 valence electrons. The molecule has 3 rings (SSSR count). The molecule has 2 fully saturated rings. The SMILES string of the molecule is Cc1ccnc(C2CN(C3CCCCCC3)C2)n1. The van der Waals surface area contributed by atoms with Crippen LogP contribution in [0.2, 0.25) is 0 Å². The quantitative estimate of drug-likeness (QED) is 0.750. The Morgan fingerprint density at radius 2 is 1.83 bits per heavy atom.